The minimum absolute atomic E-state index is 0.349. The Bertz CT molecular complexity index is 745. The first-order valence-electron chi connectivity index (χ1n) is 7.78. The minimum Gasteiger partial charge on any atom is -0.480 e. The van der Waals surface area contributed by atoms with Crippen LogP contribution >= 0.6 is 0 Å². The standard InChI is InChI=1S/C18H23N3O3/c1-12(17(23)24)20(5)16(22)14-11-21(13-9-7-6-8-10-13)19-15(14)18(2,3)4/h6-12H,1-5H3,(H,23,24). The molecule has 0 bridgehead atoms. The lowest BCUT2D eigenvalue weighted by Gasteiger charge is -2.23. The van der Waals surface area contributed by atoms with Gasteiger partial charge in [-0.05, 0) is 19.1 Å². The van der Waals surface area contributed by atoms with Crippen molar-refractivity contribution in [2.75, 3.05) is 7.05 Å². The maximum absolute atomic E-state index is 12.8. The molecule has 1 amide bonds. The summed E-state index contributed by atoms with van der Waals surface area (Å²) in [5, 5.41) is 13.7. The summed E-state index contributed by atoms with van der Waals surface area (Å²) in [5.74, 6) is -1.39. The van der Waals surface area contributed by atoms with E-state index in [9.17, 15) is 9.59 Å². The second-order valence-electron chi connectivity index (χ2n) is 6.85. The number of carboxylic acid groups (broad SMARTS) is 1. The number of hydrogen-bond acceptors (Lipinski definition) is 3. The molecule has 0 radical (unpaired) electrons. The number of aromatic nitrogens is 2. The molecule has 0 saturated heterocycles. The lowest BCUT2D eigenvalue weighted by molar-refractivity contribution is -0.141. The quantitative estimate of drug-likeness (QED) is 0.936. The number of benzene rings is 1. The highest BCUT2D eigenvalue weighted by molar-refractivity contribution is 5.97. The number of amides is 1. The molecule has 0 aliphatic carbocycles. The molecule has 6 heteroatoms. The Hall–Kier alpha value is -2.63. The molecule has 1 aromatic heterocycles. The van der Waals surface area contributed by atoms with Crippen molar-refractivity contribution in [3.05, 3.63) is 47.8 Å². The van der Waals surface area contributed by atoms with Crippen molar-refractivity contribution in [1.29, 1.82) is 0 Å². The summed E-state index contributed by atoms with van der Waals surface area (Å²) in [6.07, 6.45) is 1.67. The number of para-hydroxylation sites is 1. The number of carboxylic acids is 1. The predicted octanol–water partition coefficient (Wildman–Crippen LogP) is 2.71. The van der Waals surface area contributed by atoms with E-state index < -0.39 is 12.0 Å². The molecule has 6 nitrogen and oxygen atoms in total. The van der Waals surface area contributed by atoms with Crippen LogP contribution in [0.1, 0.15) is 43.7 Å². The van der Waals surface area contributed by atoms with Gasteiger partial charge in [0.1, 0.15) is 6.04 Å². The van der Waals surface area contributed by atoms with Crippen LogP contribution in [-0.2, 0) is 10.2 Å². The Balaban J connectivity index is 2.50. The summed E-state index contributed by atoms with van der Waals surface area (Å²) in [7, 11) is 1.49. The Morgan fingerprint density at radius 2 is 1.79 bits per heavy atom. The molecule has 0 spiro atoms. The van der Waals surface area contributed by atoms with Crippen LogP contribution in [0.5, 0.6) is 0 Å². The van der Waals surface area contributed by atoms with Crippen molar-refractivity contribution >= 4 is 11.9 Å². The molecular formula is C18H23N3O3. The van der Waals surface area contributed by atoms with E-state index in [1.54, 1.807) is 10.9 Å². The molecular weight excluding hydrogens is 306 g/mol. The van der Waals surface area contributed by atoms with E-state index in [4.69, 9.17) is 5.11 Å². The van der Waals surface area contributed by atoms with Gasteiger partial charge in [0, 0.05) is 18.7 Å². The van der Waals surface area contributed by atoms with Gasteiger partial charge in [-0.25, -0.2) is 9.48 Å². The van der Waals surface area contributed by atoms with Crippen LogP contribution in [0.2, 0.25) is 0 Å². The summed E-state index contributed by atoms with van der Waals surface area (Å²) < 4.78 is 1.66. The van der Waals surface area contributed by atoms with Crippen LogP contribution in [0.15, 0.2) is 36.5 Å². The minimum atomic E-state index is -1.04. The van der Waals surface area contributed by atoms with E-state index in [0.717, 1.165) is 5.69 Å². The Morgan fingerprint density at radius 1 is 1.21 bits per heavy atom. The summed E-state index contributed by atoms with van der Waals surface area (Å²) in [4.78, 5) is 25.2. The molecule has 1 aromatic carbocycles. The van der Waals surface area contributed by atoms with Crippen LogP contribution in [0.4, 0.5) is 0 Å². The first-order valence-corrected chi connectivity index (χ1v) is 7.78. The van der Waals surface area contributed by atoms with E-state index in [0.29, 0.717) is 11.3 Å². The second-order valence-corrected chi connectivity index (χ2v) is 6.85. The average Bonchev–Trinajstić information content (AvgIpc) is 2.99. The molecule has 1 heterocycles. The van der Waals surface area contributed by atoms with Crippen LogP contribution in [-0.4, -0.2) is 44.8 Å². The molecule has 24 heavy (non-hydrogen) atoms. The third-order valence-electron chi connectivity index (χ3n) is 3.93. The van der Waals surface area contributed by atoms with Gasteiger partial charge < -0.3 is 10.0 Å². The molecule has 0 aliphatic heterocycles. The smallest absolute Gasteiger partial charge is 0.326 e. The van der Waals surface area contributed by atoms with Crippen molar-refractivity contribution in [3.8, 4) is 5.69 Å². The lowest BCUT2D eigenvalue weighted by atomic mass is 9.89. The Morgan fingerprint density at radius 3 is 2.29 bits per heavy atom. The number of nitrogens with zero attached hydrogens (tertiary/aromatic N) is 3. The van der Waals surface area contributed by atoms with Gasteiger partial charge in [0.05, 0.1) is 16.9 Å². The summed E-state index contributed by atoms with van der Waals surface area (Å²) >= 11 is 0. The summed E-state index contributed by atoms with van der Waals surface area (Å²) in [5.41, 5.74) is 1.55. The highest BCUT2D eigenvalue weighted by Gasteiger charge is 2.31. The van der Waals surface area contributed by atoms with Gasteiger partial charge in [-0.3, -0.25) is 4.79 Å². The van der Waals surface area contributed by atoms with E-state index in [2.05, 4.69) is 5.10 Å². The number of aliphatic carboxylic acids is 1. The second kappa shape index (κ2) is 6.47. The topological polar surface area (TPSA) is 75.4 Å². The molecule has 2 rings (SSSR count). The highest BCUT2D eigenvalue weighted by Crippen LogP contribution is 2.26. The van der Waals surface area contributed by atoms with Crippen LogP contribution < -0.4 is 0 Å². The Labute approximate surface area is 141 Å². The zero-order valence-electron chi connectivity index (χ0n) is 14.6. The van der Waals surface area contributed by atoms with Crippen molar-refractivity contribution < 1.29 is 14.7 Å². The maximum Gasteiger partial charge on any atom is 0.326 e. The van der Waals surface area contributed by atoms with Crippen LogP contribution in [0.25, 0.3) is 5.69 Å². The van der Waals surface area contributed by atoms with Crippen molar-refractivity contribution in [2.45, 2.75) is 39.2 Å². The van der Waals surface area contributed by atoms with Gasteiger partial charge in [0.15, 0.2) is 0 Å². The summed E-state index contributed by atoms with van der Waals surface area (Å²) in [6, 6.07) is 8.59. The zero-order valence-corrected chi connectivity index (χ0v) is 14.6. The molecule has 0 saturated carbocycles. The normalized spacial score (nSPS) is 12.7. The Kier molecular flexibility index (Phi) is 4.78. The van der Waals surface area contributed by atoms with E-state index in [-0.39, 0.29) is 11.3 Å². The largest absolute Gasteiger partial charge is 0.480 e. The third kappa shape index (κ3) is 3.48. The summed E-state index contributed by atoms with van der Waals surface area (Å²) in [6.45, 7) is 7.41. The van der Waals surface area contributed by atoms with Gasteiger partial charge in [0.25, 0.3) is 5.91 Å². The fraction of sp³-hybridized carbons (Fsp3) is 0.389. The van der Waals surface area contributed by atoms with Gasteiger partial charge in [0.2, 0.25) is 0 Å². The first kappa shape index (κ1) is 17.7. The first-order chi connectivity index (χ1) is 11.1. The fourth-order valence-electron chi connectivity index (χ4n) is 2.33. The van der Waals surface area contributed by atoms with Gasteiger partial charge in [-0.1, -0.05) is 39.0 Å². The van der Waals surface area contributed by atoms with Gasteiger partial charge in [-0.2, -0.15) is 5.10 Å². The SMILES string of the molecule is CC(C(=O)O)N(C)C(=O)c1cn(-c2ccccc2)nc1C(C)(C)C. The average molecular weight is 329 g/mol. The lowest BCUT2D eigenvalue weighted by Crippen LogP contribution is -2.40. The molecule has 1 N–H and O–H groups in total. The molecule has 0 fully saturated rings. The van der Waals surface area contributed by atoms with Crippen molar-refractivity contribution in [3.63, 3.8) is 0 Å². The number of carbonyl (C=O) groups is 2. The highest BCUT2D eigenvalue weighted by atomic mass is 16.4. The molecule has 2 aromatic rings. The van der Waals surface area contributed by atoms with Crippen molar-refractivity contribution in [1.82, 2.24) is 14.7 Å². The number of rotatable bonds is 4. The van der Waals surface area contributed by atoms with E-state index in [1.807, 2.05) is 51.1 Å². The number of carbonyl (C=O) groups excluding carboxylic acids is 1. The van der Waals surface area contributed by atoms with E-state index in [1.165, 1.54) is 18.9 Å². The zero-order chi connectivity index (χ0) is 18.1. The van der Waals surface area contributed by atoms with Gasteiger partial charge >= 0.3 is 5.97 Å². The molecule has 0 aliphatic rings. The van der Waals surface area contributed by atoms with Crippen LogP contribution in [0, 0.1) is 0 Å². The maximum atomic E-state index is 12.8. The molecule has 1 unspecified atom stereocenters. The predicted molar refractivity (Wildman–Crippen MR) is 91.5 cm³/mol. The van der Waals surface area contributed by atoms with Crippen molar-refractivity contribution in [2.24, 2.45) is 0 Å². The fourth-order valence-corrected chi connectivity index (χ4v) is 2.33. The third-order valence-corrected chi connectivity index (χ3v) is 3.93. The molecule has 1 atom stereocenters. The number of hydrogen-bond donors (Lipinski definition) is 1. The van der Waals surface area contributed by atoms with Crippen LogP contribution in [0.3, 0.4) is 0 Å². The molecule has 128 valence electrons. The number of likely N-dealkylation sites (N-methyl/N-ethyl adjacent to an activating group) is 1. The van der Waals surface area contributed by atoms with Gasteiger partial charge in [-0.15, -0.1) is 0 Å². The van der Waals surface area contributed by atoms with E-state index >= 15 is 0 Å². The monoisotopic (exact) mass is 329 g/mol.